The molecule has 0 saturated carbocycles. The Labute approximate surface area is 158 Å². The van der Waals surface area contributed by atoms with E-state index in [1.165, 1.54) is 5.69 Å². The highest BCUT2D eigenvalue weighted by molar-refractivity contribution is 5.95. The maximum Gasteiger partial charge on any atom is 0.272 e. The average molecular weight is 362 g/mol. The van der Waals surface area contributed by atoms with Crippen LogP contribution in [0.2, 0.25) is 0 Å². The minimum Gasteiger partial charge on any atom is -0.497 e. The predicted octanol–water partition coefficient (Wildman–Crippen LogP) is 2.54. The van der Waals surface area contributed by atoms with Crippen LogP contribution in [0.5, 0.6) is 5.75 Å². The lowest BCUT2D eigenvalue weighted by Gasteiger charge is -2.60. The molecule has 1 amide bonds. The van der Waals surface area contributed by atoms with Crippen molar-refractivity contribution < 1.29 is 9.53 Å². The zero-order chi connectivity index (χ0) is 18.6. The Morgan fingerprint density at radius 3 is 2.48 bits per heavy atom. The number of anilines is 1. The number of fused-ring (bicyclic) bond motifs is 1. The third-order valence-corrected chi connectivity index (χ3v) is 5.77. The quantitative estimate of drug-likeness (QED) is 0.719. The van der Waals surface area contributed by atoms with Gasteiger partial charge < -0.3 is 19.1 Å². The van der Waals surface area contributed by atoms with E-state index in [2.05, 4.69) is 22.0 Å². The second-order valence-corrected chi connectivity index (χ2v) is 7.75. The summed E-state index contributed by atoms with van der Waals surface area (Å²) in [5.41, 5.74) is 2.84. The van der Waals surface area contributed by atoms with E-state index in [0.717, 1.165) is 43.0 Å². The van der Waals surface area contributed by atoms with Crippen LogP contribution in [0.1, 0.15) is 10.5 Å². The number of ether oxygens (including phenoxy) is 1. The second kappa shape index (κ2) is 5.74. The first-order chi connectivity index (χ1) is 13.1. The summed E-state index contributed by atoms with van der Waals surface area (Å²) < 4.78 is 7.16. The number of nitrogens with zero attached hydrogens (tertiary/aromatic N) is 4. The number of carbonyl (C=O) groups is 1. The molecule has 6 heteroatoms. The van der Waals surface area contributed by atoms with Crippen LogP contribution in [0.4, 0.5) is 5.69 Å². The van der Waals surface area contributed by atoms with Gasteiger partial charge in [0.05, 0.1) is 7.11 Å². The summed E-state index contributed by atoms with van der Waals surface area (Å²) in [4.78, 5) is 21.6. The fraction of sp³-hybridized carbons (Fsp3) is 0.333. The lowest BCUT2D eigenvalue weighted by Crippen LogP contribution is -2.73. The molecule has 6 nitrogen and oxygen atoms in total. The Hall–Kier alpha value is -3.02. The van der Waals surface area contributed by atoms with Gasteiger partial charge in [0.15, 0.2) is 0 Å². The predicted molar refractivity (Wildman–Crippen MR) is 104 cm³/mol. The molecule has 0 unspecified atom stereocenters. The van der Waals surface area contributed by atoms with Crippen molar-refractivity contribution in [2.75, 3.05) is 38.2 Å². The molecular weight excluding hydrogens is 340 g/mol. The number of pyridine rings is 1. The Morgan fingerprint density at radius 2 is 1.78 bits per heavy atom. The number of benzene rings is 1. The third-order valence-electron chi connectivity index (χ3n) is 5.77. The van der Waals surface area contributed by atoms with Crippen LogP contribution in [0.3, 0.4) is 0 Å². The number of rotatable bonds is 3. The number of likely N-dealkylation sites (tertiary alicyclic amines) is 1. The summed E-state index contributed by atoms with van der Waals surface area (Å²) in [6.07, 6.45) is 1.96. The number of aryl methyl sites for hydroxylation is 1. The number of carbonyl (C=O) groups excluding carboxylic acids is 1. The number of hydrogen-bond donors (Lipinski definition) is 0. The van der Waals surface area contributed by atoms with Crippen LogP contribution in [-0.2, 0) is 7.05 Å². The molecule has 0 aliphatic carbocycles. The van der Waals surface area contributed by atoms with E-state index < -0.39 is 0 Å². The van der Waals surface area contributed by atoms with E-state index in [9.17, 15) is 4.79 Å². The minimum absolute atomic E-state index is 0.0339. The van der Waals surface area contributed by atoms with Gasteiger partial charge in [0.2, 0.25) is 0 Å². The van der Waals surface area contributed by atoms with Gasteiger partial charge in [-0.15, -0.1) is 0 Å². The van der Waals surface area contributed by atoms with Gasteiger partial charge in [-0.2, -0.15) is 0 Å². The molecule has 0 bridgehead atoms. The SMILES string of the molecule is COc1ccc(N2CC3(CN(C(=O)c4ccc5ccn(C)c5n4)C3)C2)cc1. The summed E-state index contributed by atoms with van der Waals surface area (Å²) in [6, 6.07) is 14.0. The maximum atomic E-state index is 12.8. The number of hydrogen-bond acceptors (Lipinski definition) is 4. The van der Waals surface area contributed by atoms with E-state index in [1.807, 2.05) is 53.0 Å². The van der Waals surface area contributed by atoms with Crippen molar-refractivity contribution >= 4 is 22.6 Å². The molecular formula is C21H22N4O2. The molecule has 4 heterocycles. The topological polar surface area (TPSA) is 50.6 Å². The van der Waals surface area contributed by atoms with Gasteiger partial charge in [0, 0.05) is 55.9 Å². The Morgan fingerprint density at radius 1 is 1.04 bits per heavy atom. The highest BCUT2D eigenvalue weighted by Crippen LogP contribution is 2.42. The molecule has 1 aromatic carbocycles. The number of amides is 1. The fourth-order valence-electron chi connectivity index (χ4n) is 4.26. The minimum atomic E-state index is 0.0339. The largest absolute Gasteiger partial charge is 0.497 e. The van der Waals surface area contributed by atoms with Crippen molar-refractivity contribution in [1.29, 1.82) is 0 Å². The normalized spacial score (nSPS) is 17.7. The smallest absolute Gasteiger partial charge is 0.272 e. The van der Waals surface area contributed by atoms with Crippen LogP contribution in [0.25, 0.3) is 11.0 Å². The van der Waals surface area contributed by atoms with Gasteiger partial charge in [-0.05, 0) is 42.5 Å². The van der Waals surface area contributed by atoms with Crippen molar-refractivity contribution in [3.63, 3.8) is 0 Å². The van der Waals surface area contributed by atoms with Crippen LogP contribution in [0, 0.1) is 5.41 Å². The molecule has 2 fully saturated rings. The van der Waals surface area contributed by atoms with Gasteiger partial charge in [-0.3, -0.25) is 4.79 Å². The number of methoxy groups -OCH3 is 1. The van der Waals surface area contributed by atoms with Gasteiger partial charge in [0.1, 0.15) is 17.1 Å². The summed E-state index contributed by atoms with van der Waals surface area (Å²) in [7, 11) is 3.63. The van der Waals surface area contributed by atoms with Crippen molar-refractivity contribution in [3.8, 4) is 5.75 Å². The maximum absolute atomic E-state index is 12.8. The number of aromatic nitrogens is 2. The molecule has 2 aromatic heterocycles. The van der Waals surface area contributed by atoms with Crippen LogP contribution in [-0.4, -0.2) is 53.6 Å². The molecule has 27 heavy (non-hydrogen) atoms. The molecule has 2 saturated heterocycles. The molecule has 0 N–H and O–H groups in total. The Balaban J connectivity index is 1.22. The zero-order valence-electron chi connectivity index (χ0n) is 15.6. The summed E-state index contributed by atoms with van der Waals surface area (Å²) in [5, 5.41) is 1.06. The van der Waals surface area contributed by atoms with Gasteiger partial charge in [0.25, 0.3) is 5.91 Å². The van der Waals surface area contributed by atoms with Gasteiger partial charge in [-0.1, -0.05) is 0 Å². The Kier molecular flexibility index (Phi) is 3.44. The molecule has 5 rings (SSSR count). The molecule has 3 aromatic rings. The lowest BCUT2D eigenvalue weighted by molar-refractivity contribution is -0.0108. The van der Waals surface area contributed by atoms with Crippen molar-refractivity contribution in [3.05, 3.63) is 54.4 Å². The van der Waals surface area contributed by atoms with E-state index in [4.69, 9.17) is 4.74 Å². The highest BCUT2D eigenvalue weighted by Gasteiger charge is 2.53. The third kappa shape index (κ3) is 2.55. The van der Waals surface area contributed by atoms with Crippen molar-refractivity contribution in [2.45, 2.75) is 0 Å². The van der Waals surface area contributed by atoms with Crippen molar-refractivity contribution in [2.24, 2.45) is 12.5 Å². The molecule has 2 aliphatic rings. The van der Waals surface area contributed by atoms with E-state index >= 15 is 0 Å². The first-order valence-corrected chi connectivity index (χ1v) is 9.17. The fourth-order valence-corrected chi connectivity index (χ4v) is 4.26. The van der Waals surface area contributed by atoms with E-state index in [0.29, 0.717) is 5.69 Å². The van der Waals surface area contributed by atoms with E-state index in [1.54, 1.807) is 7.11 Å². The zero-order valence-corrected chi connectivity index (χ0v) is 15.6. The van der Waals surface area contributed by atoms with Crippen LogP contribution >= 0.6 is 0 Å². The highest BCUT2D eigenvalue weighted by atomic mass is 16.5. The van der Waals surface area contributed by atoms with Crippen molar-refractivity contribution in [1.82, 2.24) is 14.5 Å². The monoisotopic (exact) mass is 362 g/mol. The molecule has 1 spiro atoms. The summed E-state index contributed by atoms with van der Waals surface area (Å²) in [6.45, 7) is 3.61. The average Bonchev–Trinajstić information content (AvgIpc) is 3.00. The lowest BCUT2D eigenvalue weighted by atomic mass is 9.72. The first kappa shape index (κ1) is 16.2. The molecule has 138 valence electrons. The first-order valence-electron chi connectivity index (χ1n) is 9.17. The molecule has 0 atom stereocenters. The molecule has 2 aliphatic heterocycles. The summed E-state index contributed by atoms with van der Waals surface area (Å²) in [5.74, 6) is 0.906. The van der Waals surface area contributed by atoms with Crippen LogP contribution < -0.4 is 9.64 Å². The molecule has 0 radical (unpaired) electrons. The van der Waals surface area contributed by atoms with Gasteiger partial charge >= 0.3 is 0 Å². The van der Waals surface area contributed by atoms with Crippen LogP contribution in [0.15, 0.2) is 48.7 Å². The van der Waals surface area contributed by atoms with E-state index in [-0.39, 0.29) is 11.3 Å². The Bertz CT molecular complexity index is 1010. The standard InChI is InChI=1S/C21H22N4O2/c1-23-10-9-15-3-8-18(22-19(15)23)20(26)25-13-21(14-25)11-24(12-21)16-4-6-17(27-2)7-5-16/h3-10H,11-14H2,1-2H3. The van der Waals surface area contributed by atoms with Gasteiger partial charge in [-0.25, -0.2) is 4.98 Å². The summed E-state index contributed by atoms with van der Waals surface area (Å²) >= 11 is 0. The second-order valence-electron chi connectivity index (χ2n) is 7.75.